The van der Waals surface area contributed by atoms with Gasteiger partial charge in [-0.1, -0.05) is 26.2 Å². The Balaban J connectivity index is 2.01. The number of nitrogens with zero attached hydrogens (tertiary/aromatic N) is 2. The van der Waals surface area contributed by atoms with Gasteiger partial charge in [-0.2, -0.15) is 0 Å². The number of hydrogen-bond donors (Lipinski definition) is 1. The van der Waals surface area contributed by atoms with E-state index in [-0.39, 0.29) is 11.9 Å². The van der Waals surface area contributed by atoms with Crippen LogP contribution in [0.25, 0.3) is 11.0 Å². The molecule has 0 saturated heterocycles. The Morgan fingerprint density at radius 1 is 1.33 bits per heavy atom. The number of fused-ring (bicyclic) bond motifs is 1. The van der Waals surface area contributed by atoms with Gasteiger partial charge in [0.05, 0.1) is 17.1 Å². The molecule has 1 aliphatic rings. The van der Waals surface area contributed by atoms with Crippen molar-refractivity contribution in [2.24, 2.45) is 11.7 Å². The number of aromatic nitrogens is 2. The lowest BCUT2D eigenvalue weighted by molar-refractivity contribution is 0.296. The quantitative estimate of drug-likeness (QED) is 0.918. The first-order valence-corrected chi connectivity index (χ1v) is 8.12. The molecule has 0 bridgehead atoms. The zero-order chi connectivity index (χ0) is 14.8. The van der Waals surface area contributed by atoms with Gasteiger partial charge in [0.1, 0.15) is 11.6 Å². The summed E-state index contributed by atoms with van der Waals surface area (Å²) in [6, 6.07) is 4.78. The van der Waals surface area contributed by atoms with Crippen LogP contribution in [0.3, 0.4) is 0 Å². The van der Waals surface area contributed by atoms with Crippen molar-refractivity contribution in [3.63, 3.8) is 0 Å². The molecule has 1 aliphatic carbocycles. The monoisotopic (exact) mass is 289 g/mol. The maximum absolute atomic E-state index is 13.5. The van der Waals surface area contributed by atoms with E-state index >= 15 is 0 Å². The molecule has 3 rings (SSSR count). The van der Waals surface area contributed by atoms with Gasteiger partial charge >= 0.3 is 0 Å². The van der Waals surface area contributed by atoms with E-state index in [0.29, 0.717) is 5.92 Å². The molecule has 2 aromatic rings. The third kappa shape index (κ3) is 2.82. The molecule has 3 nitrogen and oxygen atoms in total. The van der Waals surface area contributed by atoms with Crippen molar-refractivity contribution in [2.45, 2.75) is 58.0 Å². The minimum absolute atomic E-state index is 0.0349. The lowest BCUT2D eigenvalue weighted by atomic mass is 9.84. The first-order valence-electron chi connectivity index (χ1n) is 8.12. The van der Waals surface area contributed by atoms with Crippen LogP contribution in [-0.2, 0) is 6.54 Å². The highest BCUT2D eigenvalue weighted by Gasteiger charge is 2.26. The smallest absolute Gasteiger partial charge is 0.127 e. The van der Waals surface area contributed by atoms with Crippen LogP contribution in [0, 0.1) is 11.7 Å². The molecule has 0 aliphatic heterocycles. The highest BCUT2D eigenvalue weighted by molar-refractivity contribution is 5.76. The van der Waals surface area contributed by atoms with Gasteiger partial charge in [0, 0.05) is 6.54 Å². The number of aryl methyl sites for hydroxylation is 1. The zero-order valence-corrected chi connectivity index (χ0v) is 12.7. The molecule has 1 heterocycles. The summed E-state index contributed by atoms with van der Waals surface area (Å²) in [5, 5.41) is 0. The van der Waals surface area contributed by atoms with Crippen molar-refractivity contribution in [3.8, 4) is 0 Å². The van der Waals surface area contributed by atoms with Gasteiger partial charge in [0.25, 0.3) is 0 Å². The molecule has 0 amide bonds. The third-order valence-corrected chi connectivity index (χ3v) is 4.64. The molecule has 114 valence electrons. The number of hydrogen-bond acceptors (Lipinski definition) is 2. The molecule has 1 atom stereocenters. The summed E-state index contributed by atoms with van der Waals surface area (Å²) in [5.74, 6) is 1.23. The number of benzene rings is 1. The van der Waals surface area contributed by atoms with E-state index in [9.17, 15) is 4.39 Å². The summed E-state index contributed by atoms with van der Waals surface area (Å²) < 4.78 is 15.7. The number of nitrogens with two attached hydrogens (primary N) is 1. The zero-order valence-electron chi connectivity index (χ0n) is 12.7. The average molecular weight is 289 g/mol. The molecule has 1 saturated carbocycles. The largest absolute Gasteiger partial charge is 0.327 e. The predicted molar refractivity (Wildman–Crippen MR) is 83.5 cm³/mol. The first kappa shape index (κ1) is 14.5. The summed E-state index contributed by atoms with van der Waals surface area (Å²) in [7, 11) is 0. The van der Waals surface area contributed by atoms with Gasteiger partial charge in [-0.15, -0.1) is 0 Å². The second kappa shape index (κ2) is 6.14. The fourth-order valence-corrected chi connectivity index (χ4v) is 3.53. The van der Waals surface area contributed by atoms with E-state index in [4.69, 9.17) is 10.7 Å². The maximum atomic E-state index is 13.5. The van der Waals surface area contributed by atoms with Crippen molar-refractivity contribution in [2.75, 3.05) is 0 Å². The lowest BCUT2D eigenvalue weighted by Gasteiger charge is -2.27. The molecule has 1 fully saturated rings. The van der Waals surface area contributed by atoms with Gasteiger partial charge in [0.2, 0.25) is 0 Å². The minimum atomic E-state index is -0.211. The van der Waals surface area contributed by atoms with E-state index in [0.717, 1.165) is 29.8 Å². The van der Waals surface area contributed by atoms with Crippen molar-refractivity contribution < 1.29 is 4.39 Å². The van der Waals surface area contributed by atoms with Crippen LogP contribution < -0.4 is 5.73 Å². The molecule has 21 heavy (non-hydrogen) atoms. The van der Waals surface area contributed by atoms with Crippen LogP contribution in [0.5, 0.6) is 0 Å². The summed E-state index contributed by atoms with van der Waals surface area (Å²) in [4.78, 5) is 4.72. The third-order valence-electron chi connectivity index (χ3n) is 4.64. The predicted octanol–water partition coefficient (Wildman–Crippen LogP) is 4.17. The Hall–Kier alpha value is -1.42. The Kier molecular flexibility index (Phi) is 4.24. The van der Waals surface area contributed by atoms with Crippen LogP contribution in [0.15, 0.2) is 18.2 Å². The molecule has 1 unspecified atom stereocenters. The molecule has 0 radical (unpaired) electrons. The molecule has 4 heteroatoms. The van der Waals surface area contributed by atoms with Crippen molar-refractivity contribution >= 4 is 11.0 Å². The van der Waals surface area contributed by atoms with E-state index in [1.165, 1.54) is 38.2 Å². The van der Waals surface area contributed by atoms with Crippen molar-refractivity contribution in [3.05, 3.63) is 29.8 Å². The summed E-state index contributed by atoms with van der Waals surface area (Å²) in [5.41, 5.74) is 8.25. The van der Waals surface area contributed by atoms with Crippen LogP contribution in [0.1, 0.15) is 57.3 Å². The number of rotatable bonds is 4. The van der Waals surface area contributed by atoms with Crippen LogP contribution >= 0.6 is 0 Å². The molecular formula is C17H24FN3. The van der Waals surface area contributed by atoms with Gasteiger partial charge in [-0.3, -0.25) is 0 Å². The van der Waals surface area contributed by atoms with Crippen LogP contribution in [-0.4, -0.2) is 9.55 Å². The molecule has 2 N–H and O–H groups in total. The normalized spacial score (nSPS) is 18.2. The van der Waals surface area contributed by atoms with Gasteiger partial charge < -0.3 is 10.3 Å². The second-order valence-electron chi connectivity index (χ2n) is 6.18. The fraction of sp³-hybridized carbons (Fsp3) is 0.588. The number of imidazole rings is 1. The maximum Gasteiger partial charge on any atom is 0.127 e. The highest BCUT2D eigenvalue weighted by Crippen LogP contribution is 2.34. The van der Waals surface area contributed by atoms with E-state index in [1.54, 1.807) is 12.1 Å². The first-order chi connectivity index (χ1) is 10.2. The van der Waals surface area contributed by atoms with Gasteiger partial charge in [0.15, 0.2) is 0 Å². The summed E-state index contributed by atoms with van der Waals surface area (Å²) in [6.45, 7) is 2.97. The number of halogens is 1. The van der Waals surface area contributed by atoms with E-state index in [2.05, 4.69) is 11.5 Å². The molecule has 1 aromatic heterocycles. The topological polar surface area (TPSA) is 43.8 Å². The SMILES string of the molecule is CCCn1c(C(N)C2CCCCC2)nc2ccc(F)cc21. The van der Waals surface area contributed by atoms with Gasteiger partial charge in [-0.25, -0.2) is 9.37 Å². The minimum Gasteiger partial charge on any atom is -0.327 e. The summed E-state index contributed by atoms with van der Waals surface area (Å²) >= 11 is 0. The van der Waals surface area contributed by atoms with Crippen LogP contribution in [0.2, 0.25) is 0 Å². The Morgan fingerprint density at radius 2 is 2.10 bits per heavy atom. The average Bonchev–Trinajstić information content (AvgIpc) is 2.86. The Morgan fingerprint density at radius 3 is 2.81 bits per heavy atom. The fourth-order valence-electron chi connectivity index (χ4n) is 3.53. The summed E-state index contributed by atoms with van der Waals surface area (Å²) in [6.07, 6.45) is 7.21. The highest BCUT2D eigenvalue weighted by atomic mass is 19.1. The van der Waals surface area contributed by atoms with E-state index < -0.39 is 0 Å². The van der Waals surface area contributed by atoms with E-state index in [1.807, 2.05) is 0 Å². The lowest BCUT2D eigenvalue weighted by Crippen LogP contribution is -2.26. The van der Waals surface area contributed by atoms with Crippen molar-refractivity contribution in [1.82, 2.24) is 9.55 Å². The Bertz CT molecular complexity index is 614. The van der Waals surface area contributed by atoms with Crippen molar-refractivity contribution in [1.29, 1.82) is 0 Å². The Labute approximate surface area is 125 Å². The molecule has 1 aromatic carbocycles. The standard InChI is InChI=1S/C17H24FN3/c1-2-10-21-15-11-13(18)8-9-14(15)20-17(21)16(19)12-6-4-3-5-7-12/h8-9,11-12,16H,2-7,10,19H2,1H3. The molecule has 0 spiro atoms. The van der Waals surface area contributed by atoms with Crippen LogP contribution in [0.4, 0.5) is 4.39 Å². The molecular weight excluding hydrogens is 265 g/mol. The van der Waals surface area contributed by atoms with Gasteiger partial charge in [-0.05, 0) is 43.4 Å². The second-order valence-corrected chi connectivity index (χ2v) is 6.18.